The second kappa shape index (κ2) is 8.75. The molecule has 1 aromatic heterocycles. The summed E-state index contributed by atoms with van der Waals surface area (Å²) < 4.78 is 5.63. The van der Waals surface area contributed by atoms with Gasteiger partial charge in [0.05, 0.1) is 24.4 Å². The number of rotatable bonds is 5. The van der Waals surface area contributed by atoms with E-state index in [2.05, 4.69) is 5.10 Å². The van der Waals surface area contributed by atoms with Crippen LogP contribution in [0.3, 0.4) is 0 Å². The van der Waals surface area contributed by atoms with E-state index in [1.54, 1.807) is 24.5 Å². The van der Waals surface area contributed by atoms with E-state index in [9.17, 15) is 9.59 Å². The number of fused-ring (bicyclic) bond motifs is 1. The maximum atomic E-state index is 13.5. The monoisotopic (exact) mass is 462 g/mol. The van der Waals surface area contributed by atoms with E-state index >= 15 is 0 Å². The zero-order chi connectivity index (χ0) is 22.9. The highest BCUT2D eigenvalue weighted by atomic mass is 35.5. The van der Waals surface area contributed by atoms with Gasteiger partial charge in [-0.05, 0) is 47.9 Å². The maximum Gasteiger partial charge on any atom is 0.262 e. The number of benzene rings is 2. The number of carbonyl (C=O) groups excluding carboxylic acids is 2. The van der Waals surface area contributed by atoms with Gasteiger partial charge in [0, 0.05) is 23.7 Å². The predicted molar refractivity (Wildman–Crippen MR) is 126 cm³/mol. The fraction of sp³-hybridized carbons (Fsp3) is 0.240. The molecule has 168 valence electrons. The first-order chi connectivity index (χ1) is 16.0. The molecule has 3 heterocycles. The summed E-state index contributed by atoms with van der Waals surface area (Å²) in [6.07, 6.45) is 2.70. The molecule has 0 aliphatic carbocycles. The number of furan rings is 1. The first kappa shape index (κ1) is 21.3. The second-order valence-electron chi connectivity index (χ2n) is 8.34. The number of hydrazone groups is 1. The Morgan fingerprint density at radius 3 is 2.58 bits per heavy atom. The van der Waals surface area contributed by atoms with Gasteiger partial charge in [-0.3, -0.25) is 9.59 Å². The summed E-state index contributed by atoms with van der Waals surface area (Å²) in [6, 6.07) is 18.5. The van der Waals surface area contributed by atoms with E-state index in [0.717, 1.165) is 22.5 Å². The van der Waals surface area contributed by atoms with E-state index in [0.29, 0.717) is 30.2 Å². The molecule has 2 amide bonds. The van der Waals surface area contributed by atoms with Gasteiger partial charge in [0.2, 0.25) is 5.91 Å². The van der Waals surface area contributed by atoms with Crippen molar-refractivity contribution in [3.8, 4) is 0 Å². The van der Waals surface area contributed by atoms with Gasteiger partial charge in [-0.25, -0.2) is 5.01 Å². The van der Waals surface area contributed by atoms with Crippen molar-refractivity contribution in [2.75, 3.05) is 18.0 Å². The Hall–Kier alpha value is -3.58. The molecular formula is C25H23ClN4O3. The van der Waals surface area contributed by atoms with Crippen molar-refractivity contribution in [2.45, 2.75) is 18.9 Å². The smallest absolute Gasteiger partial charge is 0.262 e. The summed E-state index contributed by atoms with van der Waals surface area (Å²) in [6.45, 7) is 0.473. The molecule has 33 heavy (non-hydrogen) atoms. The molecule has 0 spiro atoms. The van der Waals surface area contributed by atoms with Crippen LogP contribution < -0.4 is 10.6 Å². The number of hydrogen-bond acceptors (Lipinski definition) is 5. The van der Waals surface area contributed by atoms with Crippen molar-refractivity contribution >= 4 is 34.8 Å². The van der Waals surface area contributed by atoms with Crippen molar-refractivity contribution in [3.63, 3.8) is 0 Å². The highest BCUT2D eigenvalue weighted by molar-refractivity contribution is 6.30. The van der Waals surface area contributed by atoms with Crippen LogP contribution in [0.25, 0.3) is 0 Å². The summed E-state index contributed by atoms with van der Waals surface area (Å²) >= 11 is 6.03. The van der Waals surface area contributed by atoms with Gasteiger partial charge >= 0.3 is 0 Å². The van der Waals surface area contributed by atoms with E-state index in [-0.39, 0.29) is 30.3 Å². The van der Waals surface area contributed by atoms with Crippen LogP contribution in [0.4, 0.5) is 5.69 Å². The van der Waals surface area contributed by atoms with Crippen molar-refractivity contribution < 1.29 is 14.0 Å². The lowest BCUT2D eigenvalue weighted by molar-refractivity contribution is -0.132. The van der Waals surface area contributed by atoms with Gasteiger partial charge in [0.15, 0.2) is 0 Å². The summed E-state index contributed by atoms with van der Waals surface area (Å²) in [5.74, 6) is -0.217. The normalized spacial score (nSPS) is 19.8. The molecule has 7 nitrogen and oxygen atoms in total. The fourth-order valence-corrected chi connectivity index (χ4v) is 4.65. The zero-order valence-corrected chi connectivity index (χ0v) is 18.6. The van der Waals surface area contributed by atoms with Crippen molar-refractivity contribution in [2.24, 2.45) is 16.8 Å². The summed E-state index contributed by atoms with van der Waals surface area (Å²) in [7, 11) is 0. The van der Waals surface area contributed by atoms with Crippen LogP contribution in [0.15, 0.2) is 76.4 Å². The number of amides is 2. The first-order valence-corrected chi connectivity index (χ1v) is 11.2. The average molecular weight is 463 g/mol. The van der Waals surface area contributed by atoms with Gasteiger partial charge < -0.3 is 15.1 Å². The van der Waals surface area contributed by atoms with Crippen LogP contribution in [-0.2, 0) is 16.0 Å². The third-order valence-electron chi connectivity index (χ3n) is 6.18. The third kappa shape index (κ3) is 4.24. The molecule has 2 atom stereocenters. The minimum Gasteiger partial charge on any atom is -0.467 e. The van der Waals surface area contributed by atoms with Crippen LogP contribution in [0.1, 0.15) is 29.3 Å². The number of nitrogens with two attached hydrogens (primary N) is 1. The Kier molecular flexibility index (Phi) is 5.64. The van der Waals surface area contributed by atoms with Crippen LogP contribution in [-0.4, -0.2) is 35.6 Å². The number of nitrogens with zero attached hydrogens (tertiary/aromatic N) is 3. The van der Waals surface area contributed by atoms with Crippen molar-refractivity contribution in [3.05, 3.63) is 88.8 Å². The van der Waals surface area contributed by atoms with Crippen molar-refractivity contribution in [1.29, 1.82) is 0 Å². The minimum absolute atomic E-state index is 0.0788. The molecule has 2 N–H and O–H groups in total. The Morgan fingerprint density at radius 1 is 1.06 bits per heavy atom. The molecule has 0 unspecified atom stereocenters. The van der Waals surface area contributed by atoms with Crippen LogP contribution in [0, 0.1) is 5.92 Å². The molecule has 5 rings (SSSR count). The standard InChI is InChI=1S/C25H23ClN4O3/c26-19-9-7-16(8-10-19)20-13-22(23-6-3-11-33-23)30(28-20)24(31)15-29-14-18(25(27)32)12-17-4-1-2-5-21(17)29/h1-11,18,22H,12-15H2,(H2,27,32)/t18-,22-/m1/s1. The third-order valence-corrected chi connectivity index (χ3v) is 6.43. The molecule has 2 aliphatic rings. The molecule has 0 radical (unpaired) electrons. The lowest BCUT2D eigenvalue weighted by atomic mass is 9.92. The fourth-order valence-electron chi connectivity index (χ4n) is 4.52. The van der Waals surface area contributed by atoms with E-state index in [1.165, 1.54) is 5.01 Å². The number of hydrogen-bond donors (Lipinski definition) is 1. The number of primary amides is 1. The average Bonchev–Trinajstić information content (AvgIpc) is 3.49. The van der Waals surface area contributed by atoms with Crippen LogP contribution in [0.2, 0.25) is 5.02 Å². The number of halogens is 1. The number of carbonyl (C=O) groups is 2. The Balaban J connectivity index is 1.44. The van der Waals surface area contributed by atoms with Gasteiger partial charge in [-0.1, -0.05) is 41.9 Å². The topological polar surface area (TPSA) is 92.1 Å². The second-order valence-corrected chi connectivity index (χ2v) is 8.78. The molecule has 3 aromatic rings. The number of para-hydroxylation sites is 1. The molecule has 0 saturated heterocycles. The molecular weight excluding hydrogens is 440 g/mol. The van der Waals surface area contributed by atoms with E-state index < -0.39 is 0 Å². The van der Waals surface area contributed by atoms with Gasteiger partial charge in [0.1, 0.15) is 11.8 Å². The predicted octanol–water partition coefficient (Wildman–Crippen LogP) is 3.77. The molecule has 2 aliphatic heterocycles. The summed E-state index contributed by atoms with van der Waals surface area (Å²) in [5, 5.41) is 6.82. The molecule has 0 fully saturated rings. The largest absolute Gasteiger partial charge is 0.467 e. The minimum atomic E-state index is -0.361. The van der Waals surface area contributed by atoms with Crippen molar-refractivity contribution in [1.82, 2.24) is 5.01 Å². The van der Waals surface area contributed by atoms with Gasteiger partial charge in [-0.2, -0.15) is 5.10 Å². The zero-order valence-electron chi connectivity index (χ0n) is 17.9. The molecule has 8 heteroatoms. The number of anilines is 1. The summed E-state index contributed by atoms with van der Waals surface area (Å²) in [4.78, 5) is 27.4. The Bertz CT molecular complexity index is 1210. The quantitative estimate of drug-likeness (QED) is 0.624. The molecule has 2 aromatic carbocycles. The summed E-state index contributed by atoms with van der Waals surface area (Å²) in [5.41, 5.74) is 9.26. The first-order valence-electron chi connectivity index (χ1n) is 10.8. The van der Waals surface area contributed by atoms with E-state index in [4.69, 9.17) is 21.8 Å². The Morgan fingerprint density at radius 2 is 1.85 bits per heavy atom. The molecule has 0 bridgehead atoms. The van der Waals surface area contributed by atoms with Gasteiger partial charge in [0.25, 0.3) is 5.91 Å². The highest BCUT2D eigenvalue weighted by Crippen LogP contribution is 2.35. The lowest BCUT2D eigenvalue weighted by Gasteiger charge is -2.35. The SMILES string of the molecule is NC(=O)[C@@H]1Cc2ccccc2N(CC(=O)N2N=C(c3ccc(Cl)cc3)C[C@@H]2c2ccco2)C1. The maximum absolute atomic E-state index is 13.5. The molecule has 0 saturated carbocycles. The van der Waals surface area contributed by atoms with Crippen LogP contribution in [0.5, 0.6) is 0 Å². The Labute approximate surface area is 196 Å². The highest BCUT2D eigenvalue weighted by Gasteiger charge is 2.37. The van der Waals surface area contributed by atoms with Crippen LogP contribution >= 0.6 is 11.6 Å². The lowest BCUT2D eigenvalue weighted by Crippen LogP contribution is -2.46. The van der Waals surface area contributed by atoms with Gasteiger partial charge in [-0.15, -0.1) is 0 Å². The van der Waals surface area contributed by atoms with E-state index in [1.807, 2.05) is 47.4 Å².